The van der Waals surface area contributed by atoms with E-state index in [0.29, 0.717) is 19.1 Å². The minimum atomic E-state index is 0.472. The Morgan fingerprint density at radius 2 is 2.18 bits per heavy atom. The maximum Gasteiger partial charge on any atom is 0.145 e. The Morgan fingerprint density at radius 3 is 2.88 bits per heavy atom. The van der Waals surface area contributed by atoms with Crippen molar-refractivity contribution >= 4 is 10.9 Å². The molecule has 0 fully saturated rings. The van der Waals surface area contributed by atoms with E-state index in [9.17, 15) is 0 Å². The van der Waals surface area contributed by atoms with Gasteiger partial charge in [-0.1, -0.05) is 19.9 Å². The lowest BCUT2D eigenvalue weighted by atomic mass is 10.0. The molecular weight excluding hydrogens is 212 g/mol. The molecule has 0 amide bonds. The van der Waals surface area contributed by atoms with Crippen LogP contribution in [0.2, 0.25) is 0 Å². The first-order valence-corrected chi connectivity index (χ1v) is 5.94. The van der Waals surface area contributed by atoms with Crippen molar-refractivity contribution in [3.8, 4) is 5.75 Å². The summed E-state index contributed by atoms with van der Waals surface area (Å²) in [7, 11) is 0. The topological polar surface area (TPSA) is 48.1 Å². The molecule has 0 radical (unpaired) electrons. The van der Waals surface area contributed by atoms with Crippen molar-refractivity contribution in [1.29, 1.82) is 0 Å². The summed E-state index contributed by atoms with van der Waals surface area (Å²) in [6, 6.07) is 8.24. The van der Waals surface area contributed by atoms with Crippen LogP contribution in [0.1, 0.15) is 25.3 Å². The van der Waals surface area contributed by atoms with Gasteiger partial charge in [-0.2, -0.15) is 0 Å². The number of fused-ring (bicyclic) bond motifs is 1. The Labute approximate surface area is 102 Å². The van der Waals surface area contributed by atoms with Crippen LogP contribution in [0.25, 0.3) is 10.9 Å². The number of nitrogens with two attached hydrogens (primary N) is 1. The number of nitrogens with zero attached hydrogens (tertiary/aromatic N) is 1. The van der Waals surface area contributed by atoms with E-state index in [2.05, 4.69) is 37.0 Å². The summed E-state index contributed by atoms with van der Waals surface area (Å²) in [6.45, 7) is 5.38. The van der Waals surface area contributed by atoms with Gasteiger partial charge in [0.2, 0.25) is 0 Å². The Kier molecular flexibility index (Phi) is 3.59. The van der Waals surface area contributed by atoms with E-state index in [1.54, 1.807) is 6.20 Å². The molecular formula is C14H18N2O. The van der Waals surface area contributed by atoms with Crippen molar-refractivity contribution in [1.82, 2.24) is 4.98 Å². The quantitative estimate of drug-likeness (QED) is 0.878. The Bertz CT molecular complexity index is 509. The van der Waals surface area contributed by atoms with Gasteiger partial charge >= 0.3 is 0 Å². The fourth-order valence-corrected chi connectivity index (χ4v) is 1.79. The summed E-state index contributed by atoms with van der Waals surface area (Å²) >= 11 is 0. The number of benzene rings is 1. The predicted octanol–water partition coefficient (Wildman–Crippen LogP) is 2.70. The van der Waals surface area contributed by atoms with Crippen LogP contribution in [0, 0.1) is 0 Å². The second-order valence-electron chi connectivity index (χ2n) is 4.39. The normalized spacial score (nSPS) is 11.1. The molecule has 2 aromatic rings. The summed E-state index contributed by atoms with van der Waals surface area (Å²) in [5, 5.41) is 1.12. The molecule has 3 nitrogen and oxygen atoms in total. The van der Waals surface area contributed by atoms with Crippen LogP contribution < -0.4 is 10.5 Å². The van der Waals surface area contributed by atoms with E-state index in [0.717, 1.165) is 16.7 Å². The van der Waals surface area contributed by atoms with E-state index in [1.807, 2.05) is 6.07 Å². The van der Waals surface area contributed by atoms with Gasteiger partial charge in [0.1, 0.15) is 17.9 Å². The molecule has 0 atom stereocenters. The molecule has 1 heterocycles. The third-order valence-electron chi connectivity index (χ3n) is 2.73. The SMILES string of the molecule is CC(C)c1cc(OCCN)c2ncccc2c1. The molecule has 17 heavy (non-hydrogen) atoms. The number of pyridine rings is 1. The highest BCUT2D eigenvalue weighted by Gasteiger charge is 2.08. The lowest BCUT2D eigenvalue weighted by Gasteiger charge is -2.12. The largest absolute Gasteiger partial charge is 0.490 e. The Hall–Kier alpha value is -1.61. The van der Waals surface area contributed by atoms with Crippen LogP contribution >= 0.6 is 0 Å². The maximum atomic E-state index is 5.67. The van der Waals surface area contributed by atoms with Gasteiger partial charge in [-0.3, -0.25) is 4.98 Å². The molecule has 1 aromatic carbocycles. The van der Waals surface area contributed by atoms with E-state index >= 15 is 0 Å². The lowest BCUT2D eigenvalue weighted by molar-refractivity contribution is 0.331. The van der Waals surface area contributed by atoms with Crippen LogP contribution in [-0.4, -0.2) is 18.1 Å². The molecule has 0 bridgehead atoms. The van der Waals surface area contributed by atoms with Crippen LogP contribution in [-0.2, 0) is 0 Å². The van der Waals surface area contributed by atoms with Gasteiger partial charge in [-0.25, -0.2) is 0 Å². The first-order chi connectivity index (χ1) is 8.22. The van der Waals surface area contributed by atoms with Crippen molar-refractivity contribution in [2.24, 2.45) is 5.73 Å². The lowest BCUT2D eigenvalue weighted by Crippen LogP contribution is -2.11. The van der Waals surface area contributed by atoms with E-state index < -0.39 is 0 Å². The third-order valence-corrected chi connectivity index (χ3v) is 2.73. The fourth-order valence-electron chi connectivity index (χ4n) is 1.79. The number of ether oxygens (including phenoxy) is 1. The molecule has 2 rings (SSSR count). The van der Waals surface area contributed by atoms with Crippen molar-refractivity contribution < 1.29 is 4.74 Å². The molecule has 0 aliphatic rings. The molecule has 0 saturated heterocycles. The zero-order valence-electron chi connectivity index (χ0n) is 10.3. The van der Waals surface area contributed by atoms with Crippen molar-refractivity contribution in [3.05, 3.63) is 36.0 Å². The van der Waals surface area contributed by atoms with Gasteiger partial charge in [-0.05, 0) is 29.7 Å². The predicted molar refractivity (Wildman–Crippen MR) is 70.4 cm³/mol. The maximum absolute atomic E-state index is 5.67. The zero-order valence-corrected chi connectivity index (χ0v) is 10.3. The van der Waals surface area contributed by atoms with Gasteiger partial charge < -0.3 is 10.5 Å². The average Bonchev–Trinajstić information content (AvgIpc) is 2.35. The first kappa shape index (κ1) is 11.9. The summed E-state index contributed by atoms with van der Waals surface area (Å²) in [6.07, 6.45) is 1.78. The van der Waals surface area contributed by atoms with Crippen LogP contribution in [0.15, 0.2) is 30.5 Å². The van der Waals surface area contributed by atoms with Crippen LogP contribution in [0.5, 0.6) is 5.75 Å². The number of aromatic nitrogens is 1. The van der Waals surface area contributed by atoms with Gasteiger partial charge in [0, 0.05) is 18.1 Å². The Morgan fingerprint density at radius 1 is 1.35 bits per heavy atom. The molecule has 0 saturated carbocycles. The second-order valence-corrected chi connectivity index (χ2v) is 4.39. The minimum Gasteiger partial charge on any atom is -0.490 e. The molecule has 0 aliphatic heterocycles. The third kappa shape index (κ3) is 2.56. The van der Waals surface area contributed by atoms with Crippen molar-refractivity contribution in [3.63, 3.8) is 0 Å². The highest BCUT2D eigenvalue weighted by atomic mass is 16.5. The monoisotopic (exact) mass is 230 g/mol. The molecule has 2 N–H and O–H groups in total. The van der Waals surface area contributed by atoms with E-state index in [-0.39, 0.29) is 0 Å². The van der Waals surface area contributed by atoms with Gasteiger partial charge in [-0.15, -0.1) is 0 Å². The minimum absolute atomic E-state index is 0.472. The summed E-state index contributed by atoms with van der Waals surface area (Å²) < 4.78 is 5.67. The zero-order chi connectivity index (χ0) is 12.3. The summed E-state index contributed by atoms with van der Waals surface area (Å²) in [4.78, 5) is 4.37. The van der Waals surface area contributed by atoms with Crippen molar-refractivity contribution in [2.45, 2.75) is 19.8 Å². The highest BCUT2D eigenvalue weighted by molar-refractivity contribution is 5.85. The molecule has 1 aromatic heterocycles. The number of hydrogen-bond donors (Lipinski definition) is 1. The molecule has 0 spiro atoms. The molecule has 0 unspecified atom stereocenters. The fraction of sp³-hybridized carbons (Fsp3) is 0.357. The second kappa shape index (κ2) is 5.15. The summed E-state index contributed by atoms with van der Waals surface area (Å²) in [5.74, 6) is 1.30. The molecule has 3 heteroatoms. The highest BCUT2D eigenvalue weighted by Crippen LogP contribution is 2.29. The van der Waals surface area contributed by atoms with E-state index in [1.165, 1.54) is 5.56 Å². The first-order valence-electron chi connectivity index (χ1n) is 5.94. The number of hydrogen-bond acceptors (Lipinski definition) is 3. The summed E-state index contributed by atoms with van der Waals surface area (Å²) in [5.41, 5.74) is 7.64. The standard InChI is InChI=1S/C14H18N2O/c1-10(2)12-8-11-4-3-6-16-14(11)13(9-12)17-7-5-15/h3-4,6,8-10H,5,7,15H2,1-2H3. The number of rotatable bonds is 4. The molecule has 90 valence electrons. The van der Waals surface area contributed by atoms with Crippen LogP contribution in [0.4, 0.5) is 0 Å². The van der Waals surface area contributed by atoms with Crippen molar-refractivity contribution in [2.75, 3.05) is 13.2 Å². The Balaban J connectivity index is 2.52. The van der Waals surface area contributed by atoms with Crippen LogP contribution in [0.3, 0.4) is 0 Å². The van der Waals surface area contributed by atoms with Gasteiger partial charge in [0.05, 0.1) is 0 Å². The smallest absolute Gasteiger partial charge is 0.145 e. The van der Waals surface area contributed by atoms with Gasteiger partial charge in [0.25, 0.3) is 0 Å². The average molecular weight is 230 g/mol. The van der Waals surface area contributed by atoms with E-state index in [4.69, 9.17) is 10.5 Å². The van der Waals surface area contributed by atoms with Gasteiger partial charge in [0.15, 0.2) is 0 Å². The molecule has 0 aliphatic carbocycles.